The second-order valence-corrected chi connectivity index (χ2v) is 5.07. The minimum absolute atomic E-state index is 0.810. The summed E-state index contributed by atoms with van der Waals surface area (Å²) in [5, 5.41) is 12.1. The fourth-order valence-corrected chi connectivity index (χ4v) is 3.56. The van der Waals surface area contributed by atoms with Crippen molar-refractivity contribution in [1.29, 1.82) is 5.26 Å². The zero-order valence-electron chi connectivity index (χ0n) is 7.67. The number of fused-ring (bicyclic) bond motifs is 1. The predicted molar refractivity (Wildman–Crippen MR) is 68.6 cm³/mol. The molecule has 2 aromatic rings. The van der Waals surface area contributed by atoms with E-state index in [1.165, 1.54) is 13.8 Å². The maximum Gasteiger partial charge on any atom is 0.101 e. The van der Waals surface area contributed by atoms with E-state index in [4.69, 9.17) is 5.26 Å². The highest BCUT2D eigenvalue weighted by Crippen LogP contribution is 2.32. The summed E-state index contributed by atoms with van der Waals surface area (Å²) in [5.74, 6) is 0. The molecule has 0 atom stereocenters. The molecule has 0 N–H and O–H groups in total. The summed E-state index contributed by atoms with van der Waals surface area (Å²) in [6.07, 6.45) is 1.03. The van der Waals surface area contributed by atoms with Crippen LogP contribution in [0.3, 0.4) is 0 Å². The lowest BCUT2D eigenvalue weighted by molar-refractivity contribution is 1.16. The Morgan fingerprint density at radius 2 is 2.29 bits per heavy atom. The standard InChI is InChI=1S/C11H8INS/c1-2-7-3-4-9(12)10-8(5-13)6-14-11(7)10/h3-4,6H,2H2,1H3. The number of benzene rings is 1. The Kier molecular flexibility index (Phi) is 2.75. The lowest BCUT2D eigenvalue weighted by Gasteiger charge is -2.00. The minimum atomic E-state index is 0.810. The molecule has 0 saturated carbocycles. The molecule has 2 rings (SSSR count). The van der Waals surface area contributed by atoms with Crippen molar-refractivity contribution in [1.82, 2.24) is 0 Å². The number of hydrogen-bond donors (Lipinski definition) is 0. The van der Waals surface area contributed by atoms with Crippen LogP contribution in [0.25, 0.3) is 10.1 Å². The van der Waals surface area contributed by atoms with Gasteiger partial charge in [-0.15, -0.1) is 11.3 Å². The maximum atomic E-state index is 8.97. The molecule has 1 nitrogen and oxygen atoms in total. The molecule has 3 heteroatoms. The third-order valence-electron chi connectivity index (χ3n) is 2.25. The average molecular weight is 313 g/mol. The predicted octanol–water partition coefficient (Wildman–Crippen LogP) is 3.94. The molecule has 0 radical (unpaired) electrons. The van der Waals surface area contributed by atoms with Gasteiger partial charge >= 0.3 is 0 Å². The van der Waals surface area contributed by atoms with E-state index in [1.807, 2.05) is 5.38 Å². The van der Waals surface area contributed by atoms with Crippen molar-refractivity contribution >= 4 is 44.0 Å². The quantitative estimate of drug-likeness (QED) is 0.732. The summed E-state index contributed by atoms with van der Waals surface area (Å²) >= 11 is 3.97. The molecule has 0 fully saturated rings. The van der Waals surface area contributed by atoms with Crippen LogP contribution in [-0.2, 0) is 6.42 Å². The van der Waals surface area contributed by atoms with E-state index in [0.29, 0.717) is 0 Å². The fraction of sp³-hybridized carbons (Fsp3) is 0.182. The van der Waals surface area contributed by atoms with Gasteiger partial charge < -0.3 is 0 Å². The van der Waals surface area contributed by atoms with Crippen molar-refractivity contribution in [2.75, 3.05) is 0 Å². The summed E-state index contributed by atoms with van der Waals surface area (Å²) in [6, 6.07) is 6.49. The molecule has 0 aliphatic rings. The molecular weight excluding hydrogens is 305 g/mol. The molecule has 14 heavy (non-hydrogen) atoms. The van der Waals surface area contributed by atoms with Crippen molar-refractivity contribution < 1.29 is 0 Å². The van der Waals surface area contributed by atoms with Gasteiger partial charge in [-0.25, -0.2) is 0 Å². The normalized spacial score (nSPS) is 10.4. The van der Waals surface area contributed by atoms with E-state index in [2.05, 4.69) is 47.7 Å². The lowest BCUT2D eigenvalue weighted by Crippen LogP contribution is -1.83. The SMILES string of the molecule is CCc1ccc(I)c2c(C#N)csc12. The van der Waals surface area contributed by atoms with Crippen molar-refractivity contribution in [3.8, 4) is 6.07 Å². The zero-order valence-corrected chi connectivity index (χ0v) is 10.6. The molecule has 1 aromatic heterocycles. The summed E-state index contributed by atoms with van der Waals surface area (Å²) in [6.45, 7) is 2.15. The molecule has 0 spiro atoms. The van der Waals surface area contributed by atoms with Gasteiger partial charge in [0.25, 0.3) is 0 Å². The fourth-order valence-electron chi connectivity index (χ4n) is 1.52. The molecule has 70 valence electrons. The number of aryl methyl sites for hydroxylation is 1. The molecule has 0 bridgehead atoms. The van der Waals surface area contributed by atoms with E-state index in [9.17, 15) is 0 Å². The third kappa shape index (κ3) is 1.43. The summed E-state index contributed by atoms with van der Waals surface area (Å²) in [5.41, 5.74) is 2.15. The Balaban J connectivity index is 2.89. The van der Waals surface area contributed by atoms with Crippen LogP contribution >= 0.6 is 33.9 Å². The number of hydrogen-bond acceptors (Lipinski definition) is 2. The van der Waals surface area contributed by atoms with E-state index >= 15 is 0 Å². The molecule has 1 heterocycles. The van der Waals surface area contributed by atoms with Crippen LogP contribution in [0.5, 0.6) is 0 Å². The Morgan fingerprint density at radius 1 is 1.50 bits per heavy atom. The molecule has 0 aliphatic carbocycles. The highest BCUT2D eigenvalue weighted by Gasteiger charge is 2.09. The molecular formula is C11H8INS. The van der Waals surface area contributed by atoms with E-state index in [-0.39, 0.29) is 0 Å². The Hall–Kier alpha value is -0.600. The second-order valence-electron chi connectivity index (χ2n) is 3.03. The van der Waals surface area contributed by atoms with Gasteiger partial charge in [-0.1, -0.05) is 13.0 Å². The second kappa shape index (κ2) is 3.87. The molecule has 0 saturated heterocycles. The van der Waals surface area contributed by atoms with Crippen LogP contribution in [0.15, 0.2) is 17.5 Å². The Morgan fingerprint density at radius 3 is 2.93 bits per heavy atom. The van der Waals surface area contributed by atoms with Crippen LogP contribution in [0.4, 0.5) is 0 Å². The topological polar surface area (TPSA) is 23.8 Å². The average Bonchev–Trinajstić information content (AvgIpc) is 2.63. The summed E-state index contributed by atoms with van der Waals surface area (Å²) < 4.78 is 2.45. The van der Waals surface area contributed by atoms with Crippen molar-refractivity contribution in [3.63, 3.8) is 0 Å². The number of nitrogens with zero attached hydrogens (tertiary/aromatic N) is 1. The van der Waals surface area contributed by atoms with Crippen molar-refractivity contribution in [2.24, 2.45) is 0 Å². The number of halogens is 1. The lowest BCUT2D eigenvalue weighted by atomic mass is 10.1. The van der Waals surface area contributed by atoms with Gasteiger partial charge in [0, 0.05) is 19.0 Å². The summed E-state index contributed by atoms with van der Waals surface area (Å²) in [4.78, 5) is 0. The maximum absolute atomic E-state index is 8.97. The van der Waals surface area contributed by atoms with Gasteiger partial charge in [-0.2, -0.15) is 5.26 Å². The first kappa shape index (κ1) is 9.94. The molecule has 0 unspecified atom stereocenters. The molecule has 0 aliphatic heterocycles. The number of nitriles is 1. The van der Waals surface area contributed by atoms with Gasteiger partial charge in [0.1, 0.15) is 6.07 Å². The number of thiophene rings is 1. The third-order valence-corrected chi connectivity index (χ3v) is 4.21. The Bertz CT molecular complexity index is 522. The largest absolute Gasteiger partial charge is 0.192 e. The van der Waals surface area contributed by atoms with Crippen LogP contribution in [0.1, 0.15) is 18.1 Å². The van der Waals surface area contributed by atoms with Crippen LogP contribution in [-0.4, -0.2) is 0 Å². The van der Waals surface area contributed by atoms with Gasteiger partial charge in [0.2, 0.25) is 0 Å². The molecule has 1 aromatic carbocycles. The highest BCUT2D eigenvalue weighted by molar-refractivity contribution is 14.1. The monoisotopic (exact) mass is 313 g/mol. The van der Waals surface area contributed by atoms with Gasteiger partial charge in [0.05, 0.1) is 5.56 Å². The molecule has 0 amide bonds. The first-order chi connectivity index (χ1) is 6.77. The zero-order chi connectivity index (χ0) is 10.1. The van der Waals surface area contributed by atoms with Gasteiger partial charge in [0.15, 0.2) is 0 Å². The minimum Gasteiger partial charge on any atom is -0.192 e. The van der Waals surface area contributed by atoms with Crippen molar-refractivity contribution in [2.45, 2.75) is 13.3 Å². The highest BCUT2D eigenvalue weighted by atomic mass is 127. The smallest absolute Gasteiger partial charge is 0.101 e. The van der Waals surface area contributed by atoms with Gasteiger partial charge in [-0.3, -0.25) is 0 Å². The summed E-state index contributed by atoms with van der Waals surface area (Å²) in [7, 11) is 0. The number of rotatable bonds is 1. The van der Waals surface area contributed by atoms with E-state index in [1.54, 1.807) is 11.3 Å². The first-order valence-electron chi connectivity index (χ1n) is 4.36. The van der Waals surface area contributed by atoms with Crippen LogP contribution in [0, 0.1) is 14.9 Å². The van der Waals surface area contributed by atoms with Crippen LogP contribution < -0.4 is 0 Å². The van der Waals surface area contributed by atoms with Crippen molar-refractivity contribution in [3.05, 3.63) is 32.2 Å². The van der Waals surface area contributed by atoms with E-state index in [0.717, 1.165) is 17.4 Å². The van der Waals surface area contributed by atoms with E-state index < -0.39 is 0 Å². The Labute approximate surface area is 101 Å². The van der Waals surface area contributed by atoms with Crippen LogP contribution in [0.2, 0.25) is 0 Å². The first-order valence-corrected chi connectivity index (χ1v) is 6.32. The van der Waals surface area contributed by atoms with Gasteiger partial charge in [-0.05, 0) is 40.6 Å².